The van der Waals surface area contributed by atoms with Crippen molar-refractivity contribution in [3.8, 4) is 0 Å². The van der Waals surface area contributed by atoms with Crippen LogP contribution in [-0.2, 0) is 11.3 Å². The van der Waals surface area contributed by atoms with E-state index in [2.05, 4.69) is 17.3 Å². The van der Waals surface area contributed by atoms with Crippen LogP contribution in [-0.4, -0.2) is 35.1 Å². The van der Waals surface area contributed by atoms with E-state index in [9.17, 15) is 0 Å². The molecule has 17 heavy (non-hydrogen) atoms. The predicted octanol–water partition coefficient (Wildman–Crippen LogP) is 1.74. The number of aromatic nitrogens is 2. The summed E-state index contributed by atoms with van der Waals surface area (Å²) in [5, 5.41) is 7.81. The van der Waals surface area contributed by atoms with Crippen molar-refractivity contribution in [1.29, 1.82) is 0 Å². The van der Waals surface area contributed by atoms with E-state index in [1.165, 1.54) is 12.8 Å². The molecule has 1 aliphatic rings. The molecule has 0 spiro atoms. The van der Waals surface area contributed by atoms with Gasteiger partial charge in [0.15, 0.2) is 0 Å². The molecule has 2 heterocycles. The lowest BCUT2D eigenvalue weighted by Crippen LogP contribution is -2.28. The van der Waals surface area contributed by atoms with Gasteiger partial charge in [-0.15, -0.1) is 0 Å². The summed E-state index contributed by atoms with van der Waals surface area (Å²) in [7, 11) is 0. The third kappa shape index (κ3) is 3.82. The van der Waals surface area contributed by atoms with Crippen molar-refractivity contribution in [1.82, 2.24) is 15.1 Å². The quantitative estimate of drug-likeness (QED) is 0.766. The standard InChI is InChI=1S/C13H23N3O/c1-3-7-14-9-12-4-5-13(17-12)10-16-8-6-11(2)15-16/h6,8,12-14H,3-5,7,9-10H2,1-2H3. The van der Waals surface area contributed by atoms with Gasteiger partial charge in [0, 0.05) is 12.7 Å². The molecule has 0 saturated carbocycles. The fourth-order valence-electron chi connectivity index (χ4n) is 2.28. The Morgan fingerprint density at radius 1 is 1.47 bits per heavy atom. The predicted molar refractivity (Wildman–Crippen MR) is 68.0 cm³/mol. The van der Waals surface area contributed by atoms with E-state index < -0.39 is 0 Å². The number of aryl methyl sites for hydroxylation is 1. The molecule has 4 heteroatoms. The second-order valence-electron chi connectivity index (χ2n) is 4.84. The Kier molecular flexibility index (Phi) is 4.57. The average Bonchev–Trinajstić information content (AvgIpc) is 2.90. The van der Waals surface area contributed by atoms with Gasteiger partial charge in [0.1, 0.15) is 0 Å². The fraction of sp³-hybridized carbons (Fsp3) is 0.769. The van der Waals surface area contributed by atoms with Crippen LogP contribution in [0.2, 0.25) is 0 Å². The van der Waals surface area contributed by atoms with Gasteiger partial charge in [0.25, 0.3) is 0 Å². The van der Waals surface area contributed by atoms with Crippen molar-refractivity contribution in [2.75, 3.05) is 13.1 Å². The number of hydrogen-bond donors (Lipinski definition) is 1. The van der Waals surface area contributed by atoms with E-state index in [0.29, 0.717) is 12.2 Å². The minimum absolute atomic E-state index is 0.336. The van der Waals surface area contributed by atoms with E-state index in [4.69, 9.17) is 4.74 Å². The monoisotopic (exact) mass is 237 g/mol. The van der Waals surface area contributed by atoms with Crippen molar-refractivity contribution in [3.05, 3.63) is 18.0 Å². The van der Waals surface area contributed by atoms with Gasteiger partial charge in [-0.05, 0) is 38.8 Å². The molecule has 2 atom stereocenters. The number of nitrogens with one attached hydrogen (secondary N) is 1. The van der Waals surface area contributed by atoms with Gasteiger partial charge in [0.2, 0.25) is 0 Å². The molecule has 1 aliphatic heterocycles. The Morgan fingerprint density at radius 3 is 3.00 bits per heavy atom. The highest BCUT2D eigenvalue weighted by Crippen LogP contribution is 2.20. The van der Waals surface area contributed by atoms with Crippen molar-refractivity contribution in [2.24, 2.45) is 0 Å². The molecule has 1 aromatic heterocycles. The molecule has 1 fully saturated rings. The van der Waals surface area contributed by atoms with Gasteiger partial charge in [-0.3, -0.25) is 4.68 Å². The van der Waals surface area contributed by atoms with Crippen molar-refractivity contribution >= 4 is 0 Å². The average molecular weight is 237 g/mol. The van der Waals surface area contributed by atoms with Crippen LogP contribution >= 0.6 is 0 Å². The summed E-state index contributed by atoms with van der Waals surface area (Å²) >= 11 is 0. The Labute approximate surface area is 103 Å². The summed E-state index contributed by atoms with van der Waals surface area (Å²) in [6.07, 6.45) is 6.26. The zero-order chi connectivity index (χ0) is 12.1. The maximum absolute atomic E-state index is 6.00. The highest BCUT2D eigenvalue weighted by molar-refractivity contribution is 4.95. The summed E-state index contributed by atoms with van der Waals surface area (Å²) in [5.74, 6) is 0. The Morgan fingerprint density at radius 2 is 2.29 bits per heavy atom. The molecular formula is C13H23N3O. The first-order valence-corrected chi connectivity index (χ1v) is 6.64. The van der Waals surface area contributed by atoms with E-state index in [0.717, 1.165) is 31.7 Å². The first-order valence-electron chi connectivity index (χ1n) is 6.64. The maximum Gasteiger partial charge on any atom is 0.0776 e. The molecule has 0 radical (unpaired) electrons. The molecule has 4 nitrogen and oxygen atoms in total. The van der Waals surface area contributed by atoms with Gasteiger partial charge in [0.05, 0.1) is 24.4 Å². The van der Waals surface area contributed by atoms with Crippen LogP contribution < -0.4 is 5.32 Å². The first-order chi connectivity index (χ1) is 8.28. The molecule has 0 amide bonds. The van der Waals surface area contributed by atoms with Gasteiger partial charge in [-0.25, -0.2) is 0 Å². The molecule has 0 aromatic carbocycles. The van der Waals surface area contributed by atoms with E-state index in [1.807, 2.05) is 23.9 Å². The minimum Gasteiger partial charge on any atom is -0.372 e. The summed E-state index contributed by atoms with van der Waals surface area (Å²) in [6.45, 7) is 7.16. The van der Waals surface area contributed by atoms with Crippen molar-refractivity contribution in [3.63, 3.8) is 0 Å². The lowest BCUT2D eigenvalue weighted by Gasteiger charge is -2.14. The SMILES string of the molecule is CCCNCC1CCC(Cn2ccc(C)n2)O1. The largest absolute Gasteiger partial charge is 0.372 e. The summed E-state index contributed by atoms with van der Waals surface area (Å²) in [5.41, 5.74) is 1.07. The van der Waals surface area contributed by atoms with Crippen molar-refractivity contribution < 1.29 is 4.74 Å². The normalized spacial score (nSPS) is 24.4. The Hall–Kier alpha value is -0.870. The van der Waals surface area contributed by atoms with Crippen LogP contribution in [0.25, 0.3) is 0 Å². The molecule has 1 N–H and O–H groups in total. The third-order valence-electron chi connectivity index (χ3n) is 3.16. The maximum atomic E-state index is 6.00. The number of nitrogens with zero attached hydrogens (tertiary/aromatic N) is 2. The summed E-state index contributed by atoms with van der Waals surface area (Å²) in [6, 6.07) is 2.04. The van der Waals surface area contributed by atoms with E-state index in [-0.39, 0.29) is 0 Å². The first kappa shape index (κ1) is 12.6. The number of ether oxygens (including phenoxy) is 1. The zero-order valence-electron chi connectivity index (χ0n) is 10.9. The van der Waals surface area contributed by atoms with E-state index >= 15 is 0 Å². The highest BCUT2D eigenvalue weighted by atomic mass is 16.5. The number of hydrogen-bond acceptors (Lipinski definition) is 3. The minimum atomic E-state index is 0.336. The smallest absolute Gasteiger partial charge is 0.0776 e. The molecule has 2 rings (SSSR count). The molecule has 0 bridgehead atoms. The fourth-order valence-corrected chi connectivity index (χ4v) is 2.28. The Balaban J connectivity index is 1.70. The summed E-state index contributed by atoms with van der Waals surface area (Å²) in [4.78, 5) is 0. The van der Waals surface area contributed by atoms with Crippen molar-refractivity contribution in [2.45, 2.75) is 51.9 Å². The van der Waals surface area contributed by atoms with Crippen LogP contribution in [0.1, 0.15) is 31.9 Å². The van der Waals surface area contributed by atoms with Crippen LogP contribution in [0.3, 0.4) is 0 Å². The number of rotatable bonds is 6. The second-order valence-corrected chi connectivity index (χ2v) is 4.84. The molecule has 2 unspecified atom stereocenters. The molecule has 0 aliphatic carbocycles. The van der Waals surface area contributed by atoms with E-state index in [1.54, 1.807) is 0 Å². The topological polar surface area (TPSA) is 39.1 Å². The third-order valence-corrected chi connectivity index (χ3v) is 3.16. The lowest BCUT2D eigenvalue weighted by atomic mass is 10.2. The van der Waals surface area contributed by atoms with Crippen LogP contribution in [0.5, 0.6) is 0 Å². The zero-order valence-corrected chi connectivity index (χ0v) is 10.9. The van der Waals surface area contributed by atoms with Gasteiger partial charge in [-0.1, -0.05) is 6.92 Å². The highest BCUT2D eigenvalue weighted by Gasteiger charge is 2.25. The molecule has 1 aromatic rings. The van der Waals surface area contributed by atoms with Gasteiger partial charge in [-0.2, -0.15) is 5.10 Å². The van der Waals surface area contributed by atoms with Crippen LogP contribution in [0.15, 0.2) is 12.3 Å². The van der Waals surface area contributed by atoms with Crippen LogP contribution in [0.4, 0.5) is 0 Å². The second kappa shape index (κ2) is 6.17. The molecule has 96 valence electrons. The van der Waals surface area contributed by atoms with Gasteiger partial charge >= 0.3 is 0 Å². The van der Waals surface area contributed by atoms with Crippen LogP contribution in [0, 0.1) is 6.92 Å². The summed E-state index contributed by atoms with van der Waals surface area (Å²) < 4.78 is 7.99. The molecular weight excluding hydrogens is 214 g/mol. The van der Waals surface area contributed by atoms with Gasteiger partial charge < -0.3 is 10.1 Å². The lowest BCUT2D eigenvalue weighted by molar-refractivity contribution is 0.0343. The molecule has 1 saturated heterocycles. The Bertz CT molecular complexity index is 337.